The first-order valence-electron chi connectivity index (χ1n) is 13.5. The van der Waals surface area contributed by atoms with Gasteiger partial charge in [0.2, 0.25) is 0 Å². The summed E-state index contributed by atoms with van der Waals surface area (Å²) in [7, 11) is -1.69. The minimum atomic E-state index is -3.35. The zero-order valence-corrected chi connectivity index (χ0v) is 23.9. The number of sulfone groups is 1. The lowest BCUT2D eigenvalue weighted by atomic mass is 9.97. The molecule has 0 saturated heterocycles. The number of benzene rings is 3. The molecule has 10 heteroatoms. The van der Waals surface area contributed by atoms with Crippen molar-refractivity contribution in [2.75, 3.05) is 17.8 Å². The van der Waals surface area contributed by atoms with Crippen LogP contribution >= 0.6 is 0 Å². The Balaban J connectivity index is 1.55. The number of aryl methyl sites for hydroxylation is 1. The second kappa shape index (κ2) is 10.8. The maximum atomic E-state index is 15.6. The molecule has 1 N–H and O–H groups in total. The Bertz CT molecular complexity index is 1970. The third-order valence-electron chi connectivity index (χ3n) is 7.55. The van der Waals surface area contributed by atoms with Gasteiger partial charge in [-0.1, -0.05) is 24.3 Å². The molecule has 0 saturated carbocycles. The van der Waals surface area contributed by atoms with E-state index in [2.05, 4.69) is 4.98 Å². The molecule has 42 heavy (non-hydrogen) atoms. The second-order valence-electron chi connectivity index (χ2n) is 10.7. The van der Waals surface area contributed by atoms with E-state index >= 15 is 4.39 Å². The van der Waals surface area contributed by atoms with E-state index in [-0.39, 0.29) is 17.0 Å². The van der Waals surface area contributed by atoms with Gasteiger partial charge >= 0.3 is 0 Å². The van der Waals surface area contributed by atoms with Crippen LogP contribution < -0.4 is 15.2 Å². The number of para-hydroxylation sites is 1. The van der Waals surface area contributed by atoms with Crippen LogP contribution in [0.1, 0.15) is 30.0 Å². The van der Waals surface area contributed by atoms with Gasteiger partial charge in [-0.15, -0.1) is 0 Å². The van der Waals surface area contributed by atoms with Crippen molar-refractivity contribution in [3.8, 4) is 16.9 Å². The molecule has 0 bridgehead atoms. The topological polar surface area (TPSA) is 84.4 Å². The van der Waals surface area contributed by atoms with E-state index in [0.717, 1.165) is 17.4 Å². The number of H-pyrrole nitrogens is 1. The monoisotopic (exact) mass is 589 g/mol. The van der Waals surface area contributed by atoms with E-state index in [1.807, 2.05) is 35.2 Å². The number of aromatic nitrogens is 2. The molecular weight excluding hydrogens is 560 g/mol. The Labute approximate surface area is 241 Å². The van der Waals surface area contributed by atoms with E-state index in [0.29, 0.717) is 52.7 Å². The van der Waals surface area contributed by atoms with Crippen LogP contribution in [0, 0.1) is 11.6 Å². The third kappa shape index (κ3) is 5.18. The summed E-state index contributed by atoms with van der Waals surface area (Å²) < 4.78 is 61.4. The molecule has 1 aliphatic heterocycles. The molecule has 7 nitrogen and oxygen atoms in total. The maximum absolute atomic E-state index is 15.6. The predicted molar refractivity (Wildman–Crippen MR) is 160 cm³/mol. The molecular formula is C32H29F2N3O4S. The average Bonchev–Trinajstić information content (AvgIpc) is 3.34. The van der Waals surface area contributed by atoms with E-state index in [9.17, 15) is 17.6 Å². The van der Waals surface area contributed by atoms with Crippen LogP contribution in [-0.4, -0.2) is 30.8 Å². The van der Waals surface area contributed by atoms with E-state index in [1.54, 1.807) is 37.6 Å². The highest BCUT2D eigenvalue weighted by Gasteiger charge is 2.34. The summed E-state index contributed by atoms with van der Waals surface area (Å²) in [5, 5.41) is 0.690. The standard InChI is InChI=1S/C32H29F2N3O4S/c1-36-18-25-23-15-20(19-42(2,39)40)10-12-28(23)37(29-13-11-21(33)16-26(29)34)27(24-17-35-31(30(24)25)32(36)38)9-6-14-41-22-7-4-3-5-8-22/h3-5,7-8,10-13,15-18,27,35H,6,9,14,19H2,1-2H3. The Hall–Kier alpha value is -4.44. The lowest BCUT2D eigenvalue weighted by Crippen LogP contribution is -2.25. The number of fused-ring (bicyclic) bond motifs is 2. The van der Waals surface area contributed by atoms with Gasteiger partial charge in [0.05, 0.1) is 24.1 Å². The Morgan fingerprint density at radius 3 is 2.48 bits per heavy atom. The maximum Gasteiger partial charge on any atom is 0.274 e. The molecule has 5 aromatic rings. The molecule has 0 spiro atoms. The molecule has 6 rings (SSSR count). The molecule has 1 atom stereocenters. The molecule has 0 fully saturated rings. The number of aromatic amines is 1. The fourth-order valence-electron chi connectivity index (χ4n) is 5.81. The zero-order chi connectivity index (χ0) is 29.6. The zero-order valence-electron chi connectivity index (χ0n) is 23.1. The normalized spacial score (nSPS) is 14.6. The summed E-state index contributed by atoms with van der Waals surface area (Å²) in [6.07, 6.45) is 5.77. The quantitative estimate of drug-likeness (QED) is 0.212. The highest BCUT2D eigenvalue weighted by atomic mass is 32.2. The van der Waals surface area contributed by atoms with Crippen molar-refractivity contribution in [1.82, 2.24) is 9.55 Å². The number of nitrogens with zero attached hydrogens (tertiary/aromatic N) is 2. The fraction of sp³-hybridized carbons (Fsp3) is 0.219. The van der Waals surface area contributed by atoms with Crippen molar-refractivity contribution in [1.29, 1.82) is 0 Å². The first-order chi connectivity index (χ1) is 20.1. The number of halogens is 2. The SMILES string of the molecule is Cn1cc2c3c(c[nH]c3c1=O)C(CCCOc1ccccc1)N(c1ccc(F)cc1F)c1ccc(CS(C)(=O)=O)cc1-2. The van der Waals surface area contributed by atoms with Crippen molar-refractivity contribution in [3.05, 3.63) is 112 Å². The van der Waals surface area contributed by atoms with Crippen LogP contribution in [0.25, 0.3) is 22.0 Å². The van der Waals surface area contributed by atoms with Crippen LogP contribution in [0.2, 0.25) is 0 Å². The van der Waals surface area contributed by atoms with Crippen LogP contribution in [0.5, 0.6) is 5.75 Å². The average molecular weight is 590 g/mol. The molecule has 3 heterocycles. The largest absolute Gasteiger partial charge is 0.494 e. The minimum absolute atomic E-state index is 0.163. The van der Waals surface area contributed by atoms with E-state index in [1.165, 1.54) is 23.0 Å². The highest BCUT2D eigenvalue weighted by molar-refractivity contribution is 7.89. The fourth-order valence-corrected chi connectivity index (χ4v) is 6.59. The lowest BCUT2D eigenvalue weighted by Gasteiger charge is -2.34. The Morgan fingerprint density at radius 1 is 0.976 bits per heavy atom. The Kier molecular flexibility index (Phi) is 7.10. The third-order valence-corrected chi connectivity index (χ3v) is 8.41. The minimum Gasteiger partial charge on any atom is -0.494 e. The van der Waals surface area contributed by atoms with Crippen molar-refractivity contribution in [2.45, 2.75) is 24.6 Å². The van der Waals surface area contributed by atoms with Gasteiger partial charge in [-0.25, -0.2) is 17.2 Å². The van der Waals surface area contributed by atoms with Crippen molar-refractivity contribution < 1.29 is 21.9 Å². The first kappa shape index (κ1) is 27.7. The number of pyridine rings is 1. The van der Waals surface area contributed by atoms with Crippen LogP contribution in [-0.2, 0) is 22.6 Å². The van der Waals surface area contributed by atoms with Gasteiger partial charge in [0, 0.05) is 59.5 Å². The summed E-state index contributed by atoms with van der Waals surface area (Å²) in [6, 6.07) is 17.7. The molecule has 2 aromatic heterocycles. The molecule has 1 unspecified atom stereocenters. The summed E-state index contributed by atoms with van der Waals surface area (Å²) in [5.74, 6) is -0.876. The van der Waals surface area contributed by atoms with Crippen molar-refractivity contribution in [2.24, 2.45) is 7.05 Å². The van der Waals surface area contributed by atoms with Gasteiger partial charge in [0.15, 0.2) is 9.84 Å². The summed E-state index contributed by atoms with van der Waals surface area (Å²) in [6.45, 7) is 0.400. The lowest BCUT2D eigenvalue weighted by molar-refractivity contribution is 0.301. The number of nitrogens with one attached hydrogen (secondary N) is 1. The first-order valence-corrected chi connectivity index (χ1v) is 15.6. The Morgan fingerprint density at radius 2 is 1.74 bits per heavy atom. The molecule has 1 aliphatic rings. The summed E-state index contributed by atoms with van der Waals surface area (Å²) >= 11 is 0. The molecule has 0 amide bonds. The van der Waals surface area contributed by atoms with Gasteiger partial charge in [0.1, 0.15) is 22.9 Å². The van der Waals surface area contributed by atoms with Gasteiger partial charge < -0.3 is 19.2 Å². The highest BCUT2D eigenvalue weighted by Crippen LogP contribution is 2.50. The van der Waals surface area contributed by atoms with Gasteiger partial charge in [-0.3, -0.25) is 4.79 Å². The van der Waals surface area contributed by atoms with Gasteiger partial charge in [0.25, 0.3) is 5.56 Å². The van der Waals surface area contributed by atoms with Crippen molar-refractivity contribution in [3.63, 3.8) is 0 Å². The molecule has 0 radical (unpaired) electrons. The second-order valence-corrected chi connectivity index (χ2v) is 12.8. The molecule has 3 aromatic carbocycles. The smallest absolute Gasteiger partial charge is 0.274 e. The molecule has 0 aliphatic carbocycles. The number of hydrogen-bond acceptors (Lipinski definition) is 5. The van der Waals surface area contributed by atoms with Crippen LogP contribution in [0.3, 0.4) is 0 Å². The van der Waals surface area contributed by atoms with Crippen molar-refractivity contribution >= 4 is 32.1 Å². The number of hydrogen-bond donors (Lipinski definition) is 1. The van der Waals surface area contributed by atoms with E-state index < -0.39 is 27.5 Å². The number of anilines is 2. The number of ether oxygens (including phenoxy) is 1. The summed E-state index contributed by atoms with van der Waals surface area (Å²) in [5.41, 5.74) is 3.65. The molecule has 216 valence electrons. The van der Waals surface area contributed by atoms with Gasteiger partial charge in [-0.05, 0) is 54.8 Å². The van der Waals surface area contributed by atoms with Crippen LogP contribution in [0.4, 0.5) is 20.2 Å². The van der Waals surface area contributed by atoms with E-state index in [4.69, 9.17) is 4.74 Å². The summed E-state index contributed by atoms with van der Waals surface area (Å²) in [4.78, 5) is 18.2. The van der Waals surface area contributed by atoms with Gasteiger partial charge in [-0.2, -0.15) is 0 Å². The van der Waals surface area contributed by atoms with Crippen LogP contribution in [0.15, 0.2) is 83.9 Å². The predicted octanol–water partition coefficient (Wildman–Crippen LogP) is 6.41. The number of rotatable bonds is 8.